The van der Waals surface area contributed by atoms with E-state index < -0.39 is 12.0 Å². The molecule has 24 heavy (non-hydrogen) atoms. The summed E-state index contributed by atoms with van der Waals surface area (Å²) >= 11 is 3.32. The van der Waals surface area contributed by atoms with Crippen LogP contribution in [0.2, 0.25) is 0 Å². The number of methoxy groups -OCH3 is 1. The summed E-state index contributed by atoms with van der Waals surface area (Å²) in [5.41, 5.74) is 0.455. The predicted octanol–water partition coefficient (Wildman–Crippen LogP) is 0.969. The highest BCUT2D eigenvalue weighted by atomic mass is 79.9. The normalized spacial score (nSPS) is 17.3. The van der Waals surface area contributed by atoms with Crippen molar-refractivity contribution in [3.8, 4) is 0 Å². The second kappa shape index (κ2) is 8.79. The molecule has 2 amide bonds. The first-order valence-electron chi connectivity index (χ1n) is 7.51. The van der Waals surface area contributed by atoms with E-state index in [2.05, 4.69) is 21.2 Å². The third-order valence-corrected chi connectivity index (χ3v) is 4.07. The van der Waals surface area contributed by atoms with Gasteiger partial charge < -0.3 is 19.7 Å². The van der Waals surface area contributed by atoms with E-state index in [0.29, 0.717) is 18.7 Å². The molecule has 1 N–H and O–H groups in total. The summed E-state index contributed by atoms with van der Waals surface area (Å²) in [6.45, 7) is 1.09. The lowest BCUT2D eigenvalue weighted by Crippen LogP contribution is -2.57. The molecule has 0 bridgehead atoms. The van der Waals surface area contributed by atoms with Crippen LogP contribution >= 0.6 is 15.9 Å². The highest BCUT2D eigenvalue weighted by Gasteiger charge is 2.35. The van der Waals surface area contributed by atoms with Gasteiger partial charge >= 0.3 is 5.97 Å². The molecule has 1 aliphatic heterocycles. The van der Waals surface area contributed by atoms with E-state index in [9.17, 15) is 14.4 Å². The quantitative estimate of drug-likeness (QED) is 0.569. The number of rotatable bonds is 6. The Hall–Kier alpha value is -1.93. The average molecular weight is 399 g/mol. The van der Waals surface area contributed by atoms with Crippen LogP contribution in [-0.4, -0.2) is 62.1 Å². The molecule has 1 aliphatic rings. The van der Waals surface area contributed by atoms with E-state index in [1.165, 1.54) is 12.0 Å². The molecule has 0 saturated carbocycles. The molecule has 1 fully saturated rings. The number of carbonyl (C=O) groups is 3. The molecule has 1 saturated heterocycles. The molecule has 0 spiro atoms. The van der Waals surface area contributed by atoms with Gasteiger partial charge in [0.2, 0.25) is 5.91 Å². The first-order valence-corrected chi connectivity index (χ1v) is 8.31. The minimum absolute atomic E-state index is 0.114. The van der Waals surface area contributed by atoms with Crippen LogP contribution in [0.3, 0.4) is 0 Å². The van der Waals surface area contributed by atoms with Crippen LogP contribution in [0.4, 0.5) is 0 Å². The largest absolute Gasteiger partial charge is 0.463 e. The van der Waals surface area contributed by atoms with Crippen molar-refractivity contribution in [3.05, 3.63) is 34.3 Å². The minimum Gasteiger partial charge on any atom is -0.463 e. The summed E-state index contributed by atoms with van der Waals surface area (Å²) in [6, 6.07) is 6.04. The highest BCUT2D eigenvalue weighted by molar-refractivity contribution is 9.10. The van der Waals surface area contributed by atoms with E-state index in [0.717, 1.165) is 4.47 Å². The Morgan fingerprint density at radius 2 is 2.17 bits per heavy atom. The van der Waals surface area contributed by atoms with Gasteiger partial charge in [0.25, 0.3) is 5.91 Å². The van der Waals surface area contributed by atoms with Crippen molar-refractivity contribution in [1.29, 1.82) is 0 Å². The van der Waals surface area contributed by atoms with Gasteiger partial charge in [0.1, 0.15) is 12.6 Å². The molecule has 1 aromatic carbocycles. The van der Waals surface area contributed by atoms with Crippen molar-refractivity contribution >= 4 is 33.7 Å². The second-order valence-corrected chi connectivity index (χ2v) is 6.15. The van der Waals surface area contributed by atoms with Gasteiger partial charge in [-0.25, -0.2) is 0 Å². The number of piperazine rings is 1. The van der Waals surface area contributed by atoms with Crippen LogP contribution in [0.5, 0.6) is 0 Å². The molecular formula is C16H19BrN2O5. The number of hydrogen-bond acceptors (Lipinski definition) is 5. The summed E-state index contributed by atoms with van der Waals surface area (Å²) in [4.78, 5) is 38.1. The zero-order chi connectivity index (χ0) is 17.5. The molecule has 1 heterocycles. The second-order valence-electron chi connectivity index (χ2n) is 5.23. The molecule has 1 aromatic rings. The van der Waals surface area contributed by atoms with E-state index in [1.807, 2.05) is 6.07 Å². The number of hydrogen-bond donors (Lipinski definition) is 1. The van der Waals surface area contributed by atoms with Gasteiger partial charge in [-0.1, -0.05) is 22.0 Å². The molecule has 1 atom stereocenters. The van der Waals surface area contributed by atoms with E-state index in [1.54, 1.807) is 18.2 Å². The molecule has 0 aliphatic carbocycles. The molecule has 8 heteroatoms. The van der Waals surface area contributed by atoms with Crippen LogP contribution in [0.15, 0.2) is 28.7 Å². The first-order chi connectivity index (χ1) is 11.5. The van der Waals surface area contributed by atoms with Crippen molar-refractivity contribution in [2.45, 2.75) is 12.5 Å². The van der Waals surface area contributed by atoms with Crippen molar-refractivity contribution < 1.29 is 23.9 Å². The maximum Gasteiger partial charge on any atom is 0.308 e. The van der Waals surface area contributed by atoms with Gasteiger partial charge in [0, 0.05) is 30.2 Å². The first kappa shape index (κ1) is 18.4. The average Bonchev–Trinajstić information content (AvgIpc) is 2.56. The van der Waals surface area contributed by atoms with Gasteiger partial charge in [-0.2, -0.15) is 0 Å². The lowest BCUT2D eigenvalue weighted by atomic mass is 10.1. The molecule has 1 unspecified atom stereocenters. The van der Waals surface area contributed by atoms with Gasteiger partial charge in [0.05, 0.1) is 13.0 Å². The lowest BCUT2D eigenvalue weighted by molar-refractivity contribution is -0.148. The molecule has 130 valence electrons. The number of halogens is 1. The number of amides is 2. The number of ether oxygens (including phenoxy) is 2. The highest BCUT2D eigenvalue weighted by Crippen LogP contribution is 2.17. The number of esters is 1. The Morgan fingerprint density at radius 1 is 1.38 bits per heavy atom. The Bertz CT molecular complexity index is 622. The lowest BCUT2D eigenvalue weighted by Gasteiger charge is -2.34. The molecular weight excluding hydrogens is 380 g/mol. The topological polar surface area (TPSA) is 84.9 Å². The van der Waals surface area contributed by atoms with Crippen LogP contribution in [0.25, 0.3) is 0 Å². The molecule has 2 rings (SSSR count). The monoisotopic (exact) mass is 398 g/mol. The van der Waals surface area contributed by atoms with Crippen molar-refractivity contribution in [2.24, 2.45) is 0 Å². The number of benzene rings is 1. The maximum absolute atomic E-state index is 12.7. The van der Waals surface area contributed by atoms with Gasteiger partial charge in [0.15, 0.2) is 0 Å². The summed E-state index contributed by atoms with van der Waals surface area (Å²) < 4.78 is 10.6. The van der Waals surface area contributed by atoms with Crippen molar-refractivity contribution in [2.75, 3.05) is 33.4 Å². The Balaban J connectivity index is 2.09. The summed E-state index contributed by atoms with van der Waals surface area (Å²) in [5, 5.41) is 2.68. The third-order valence-electron chi connectivity index (χ3n) is 3.57. The predicted molar refractivity (Wildman–Crippen MR) is 89.4 cm³/mol. The van der Waals surface area contributed by atoms with Crippen LogP contribution in [-0.2, 0) is 19.1 Å². The SMILES string of the molecule is COCCOC(=O)CC1C(=O)NCCN1C(=O)c1cccc(Br)c1. The fraction of sp³-hybridized carbons (Fsp3) is 0.438. The fourth-order valence-corrected chi connectivity index (χ4v) is 2.80. The van der Waals surface area contributed by atoms with Gasteiger partial charge in [-0.05, 0) is 18.2 Å². The summed E-state index contributed by atoms with van der Waals surface area (Å²) in [6.07, 6.45) is -0.185. The van der Waals surface area contributed by atoms with E-state index in [-0.39, 0.29) is 31.4 Å². The molecule has 0 radical (unpaired) electrons. The van der Waals surface area contributed by atoms with Crippen molar-refractivity contribution in [3.63, 3.8) is 0 Å². The number of nitrogens with zero attached hydrogens (tertiary/aromatic N) is 1. The van der Waals surface area contributed by atoms with Gasteiger partial charge in [-0.3, -0.25) is 14.4 Å². The Kier molecular flexibility index (Phi) is 6.74. The van der Waals surface area contributed by atoms with Crippen LogP contribution in [0, 0.1) is 0 Å². The number of carbonyl (C=O) groups excluding carboxylic acids is 3. The van der Waals surface area contributed by atoms with Crippen LogP contribution in [0.1, 0.15) is 16.8 Å². The zero-order valence-corrected chi connectivity index (χ0v) is 14.9. The van der Waals surface area contributed by atoms with Crippen LogP contribution < -0.4 is 5.32 Å². The Morgan fingerprint density at radius 3 is 2.88 bits per heavy atom. The standard InChI is InChI=1S/C16H19BrN2O5/c1-23-7-8-24-14(20)10-13-15(21)18-5-6-19(13)16(22)11-3-2-4-12(17)9-11/h2-4,9,13H,5-8,10H2,1H3,(H,18,21). The zero-order valence-electron chi connectivity index (χ0n) is 13.3. The van der Waals surface area contributed by atoms with Crippen molar-refractivity contribution in [1.82, 2.24) is 10.2 Å². The summed E-state index contributed by atoms with van der Waals surface area (Å²) in [5.74, 6) is -1.18. The number of nitrogens with one attached hydrogen (secondary N) is 1. The van der Waals surface area contributed by atoms with Gasteiger partial charge in [-0.15, -0.1) is 0 Å². The van der Waals surface area contributed by atoms with E-state index >= 15 is 0 Å². The Labute approximate surface area is 148 Å². The molecule has 7 nitrogen and oxygen atoms in total. The minimum atomic E-state index is -0.875. The van der Waals surface area contributed by atoms with E-state index in [4.69, 9.17) is 9.47 Å². The smallest absolute Gasteiger partial charge is 0.308 e. The molecule has 0 aromatic heterocycles. The fourth-order valence-electron chi connectivity index (χ4n) is 2.40. The third kappa shape index (κ3) is 4.78. The maximum atomic E-state index is 12.7. The summed E-state index contributed by atoms with van der Waals surface area (Å²) in [7, 11) is 1.50.